The van der Waals surface area contributed by atoms with Gasteiger partial charge in [0.05, 0.1) is 0 Å². The van der Waals surface area contributed by atoms with Gasteiger partial charge in [0.2, 0.25) is 0 Å². The maximum absolute atomic E-state index is 12.3. The number of rotatable bonds is 3. The van der Waals surface area contributed by atoms with Crippen LogP contribution in [0.1, 0.15) is 50.5 Å². The second-order valence-corrected chi connectivity index (χ2v) is 6.34. The van der Waals surface area contributed by atoms with Gasteiger partial charge in [-0.3, -0.25) is 9.69 Å². The molecule has 1 saturated carbocycles. The van der Waals surface area contributed by atoms with E-state index in [1.165, 1.54) is 31.2 Å². The van der Waals surface area contributed by atoms with Crippen molar-refractivity contribution < 1.29 is 4.79 Å². The highest BCUT2D eigenvalue weighted by Gasteiger charge is 2.35. The summed E-state index contributed by atoms with van der Waals surface area (Å²) < 4.78 is 0. The molecule has 2 fully saturated rings. The van der Waals surface area contributed by atoms with Gasteiger partial charge >= 0.3 is 0 Å². The zero-order valence-electron chi connectivity index (χ0n) is 12.3. The number of piperidine rings is 1. The van der Waals surface area contributed by atoms with Gasteiger partial charge in [-0.1, -0.05) is 43.2 Å². The molecular formula is C18H25NO. The molecular weight excluding hydrogens is 246 g/mol. The average Bonchev–Trinajstić information content (AvgIpc) is 2.50. The first-order valence-corrected chi connectivity index (χ1v) is 8.15. The zero-order chi connectivity index (χ0) is 13.8. The highest BCUT2D eigenvalue weighted by molar-refractivity contribution is 5.82. The number of hydrogen-bond acceptors (Lipinski definition) is 2. The minimum atomic E-state index is 0.313. The highest BCUT2D eigenvalue weighted by Crippen LogP contribution is 2.32. The molecule has 108 valence electrons. The van der Waals surface area contributed by atoms with Crippen LogP contribution in [0.4, 0.5) is 0 Å². The van der Waals surface area contributed by atoms with Crippen LogP contribution in [0.25, 0.3) is 0 Å². The Balaban J connectivity index is 1.71. The van der Waals surface area contributed by atoms with E-state index in [0.29, 0.717) is 17.7 Å². The lowest BCUT2D eigenvalue weighted by molar-refractivity contribution is -0.127. The Morgan fingerprint density at radius 1 is 1.00 bits per heavy atom. The lowest BCUT2D eigenvalue weighted by atomic mass is 9.79. The van der Waals surface area contributed by atoms with Crippen LogP contribution >= 0.6 is 0 Å². The summed E-state index contributed by atoms with van der Waals surface area (Å²) >= 11 is 0. The molecule has 1 aromatic rings. The summed E-state index contributed by atoms with van der Waals surface area (Å²) in [6.45, 7) is 2.17. The molecule has 0 N–H and O–H groups in total. The summed E-state index contributed by atoms with van der Waals surface area (Å²) in [5, 5.41) is 0. The van der Waals surface area contributed by atoms with Gasteiger partial charge in [0.1, 0.15) is 5.78 Å². The Bertz CT molecular complexity index is 442. The number of carbonyl (C=O) groups excluding carboxylic acids is 1. The first kappa shape index (κ1) is 13.8. The Kier molecular flexibility index (Phi) is 4.51. The van der Waals surface area contributed by atoms with Crippen molar-refractivity contribution in [3.63, 3.8) is 0 Å². The summed E-state index contributed by atoms with van der Waals surface area (Å²) in [5.74, 6) is 0.842. The van der Waals surface area contributed by atoms with E-state index in [-0.39, 0.29) is 0 Å². The Morgan fingerprint density at radius 3 is 2.60 bits per heavy atom. The fourth-order valence-electron chi connectivity index (χ4n) is 3.90. The third-order valence-electron chi connectivity index (χ3n) is 4.96. The average molecular weight is 271 g/mol. The van der Waals surface area contributed by atoms with Crippen molar-refractivity contribution in [2.24, 2.45) is 5.92 Å². The van der Waals surface area contributed by atoms with Crippen molar-refractivity contribution >= 4 is 5.78 Å². The smallest absolute Gasteiger partial charge is 0.137 e. The van der Waals surface area contributed by atoms with Crippen LogP contribution < -0.4 is 0 Å². The molecule has 1 saturated heterocycles. The first-order valence-electron chi connectivity index (χ1n) is 8.15. The van der Waals surface area contributed by atoms with Crippen LogP contribution in [0, 0.1) is 5.92 Å². The van der Waals surface area contributed by atoms with E-state index in [9.17, 15) is 4.79 Å². The van der Waals surface area contributed by atoms with Crippen molar-refractivity contribution in [3.05, 3.63) is 35.9 Å². The maximum Gasteiger partial charge on any atom is 0.137 e. The quantitative estimate of drug-likeness (QED) is 0.833. The second-order valence-electron chi connectivity index (χ2n) is 6.34. The van der Waals surface area contributed by atoms with Crippen molar-refractivity contribution in [2.75, 3.05) is 6.54 Å². The number of likely N-dealkylation sites (tertiary alicyclic amines) is 1. The molecule has 0 spiro atoms. The minimum absolute atomic E-state index is 0.313. The van der Waals surface area contributed by atoms with Crippen LogP contribution in [-0.4, -0.2) is 23.3 Å². The minimum Gasteiger partial charge on any atom is -0.299 e. The van der Waals surface area contributed by atoms with E-state index in [0.717, 1.165) is 32.4 Å². The van der Waals surface area contributed by atoms with Gasteiger partial charge in [0, 0.05) is 24.9 Å². The maximum atomic E-state index is 12.3. The Morgan fingerprint density at radius 2 is 1.80 bits per heavy atom. The van der Waals surface area contributed by atoms with Crippen LogP contribution in [-0.2, 0) is 11.3 Å². The summed E-state index contributed by atoms with van der Waals surface area (Å²) in [4.78, 5) is 14.8. The van der Waals surface area contributed by atoms with Crippen molar-refractivity contribution in [3.8, 4) is 0 Å². The summed E-state index contributed by atoms with van der Waals surface area (Å²) in [6, 6.07) is 11.2. The van der Waals surface area contributed by atoms with Gasteiger partial charge in [-0.05, 0) is 37.8 Å². The van der Waals surface area contributed by atoms with E-state index in [1.54, 1.807) is 0 Å². The van der Waals surface area contributed by atoms with Crippen LogP contribution in [0.15, 0.2) is 30.3 Å². The van der Waals surface area contributed by atoms with E-state index < -0.39 is 0 Å². The molecule has 0 amide bonds. The fourth-order valence-corrected chi connectivity index (χ4v) is 3.90. The first-order chi connectivity index (χ1) is 9.84. The van der Waals surface area contributed by atoms with E-state index in [2.05, 4.69) is 35.2 Å². The monoisotopic (exact) mass is 271 g/mol. The van der Waals surface area contributed by atoms with E-state index in [4.69, 9.17) is 0 Å². The third kappa shape index (κ3) is 3.12. The van der Waals surface area contributed by atoms with Crippen molar-refractivity contribution in [1.82, 2.24) is 4.90 Å². The van der Waals surface area contributed by atoms with Gasteiger partial charge in [-0.2, -0.15) is 0 Å². The molecule has 0 radical (unpaired) electrons. The SMILES string of the molecule is O=C1CCCCC1C1CCCCN1Cc1ccccc1. The van der Waals surface area contributed by atoms with Crippen molar-refractivity contribution in [2.45, 2.75) is 57.5 Å². The summed E-state index contributed by atoms with van der Waals surface area (Å²) in [5.41, 5.74) is 1.38. The highest BCUT2D eigenvalue weighted by atomic mass is 16.1. The van der Waals surface area contributed by atoms with Gasteiger partial charge in [-0.25, -0.2) is 0 Å². The normalized spacial score (nSPS) is 28.5. The van der Waals surface area contributed by atoms with Crippen LogP contribution in [0.5, 0.6) is 0 Å². The Labute approximate surface area is 122 Å². The molecule has 1 aliphatic carbocycles. The molecule has 0 bridgehead atoms. The number of hydrogen-bond donors (Lipinski definition) is 0. The Hall–Kier alpha value is -1.15. The lowest BCUT2D eigenvalue weighted by Gasteiger charge is -2.41. The number of ketones is 1. The number of carbonyl (C=O) groups is 1. The molecule has 1 heterocycles. The molecule has 20 heavy (non-hydrogen) atoms. The molecule has 2 aliphatic rings. The molecule has 2 nitrogen and oxygen atoms in total. The third-order valence-corrected chi connectivity index (χ3v) is 4.96. The number of Topliss-reactive ketones (excluding diaryl/α,β-unsaturated/α-hetero) is 1. The predicted molar refractivity (Wildman–Crippen MR) is 81.5 cm³/mol. The molecule has 2 unspecified atom stereocenters. The van der Waals surface area contributed by atoms with Gasteiger partial charge in [-0.15, -0.1) is 0 Å². The molecule has 1 aliphatic heterocycles. The molecule has 2 heteroatoms. The van der Waals surface area contributed by atoms with Crippen LogP contribution in [0.3, 0.4) is 0 Å². The van der Waals surface area contributed by atoms with Gasteiger partial charge < -0.3 is 0 Å². The largest absolute Gasteiger partial charge is 0.299 e. The number of nitrogens with zero attached hydrogens (tertiary/aromatic N) is 1. The second kappa shape index (κ2) is 6.53. The lowest BCUT2D eigenvalue weighted by Crippen LogP contribution is -2.46. The molecule has 3 rings (SSSR count). The topological polar surface area (TPSA) is 20.3 Å². The van der Waals surface area contributed by atoms with Crippen molar-refractivity contribution in [1.29, 1.82) is 0 Å². The summed E-state index contributed by atoms with van der Waals surface area (Å²) in [6.07, 6.45) is 8.08. The standard InChI is InChI=1S/C18H25NO/c20-18-12-5-4-10-16(18)17-11-6-7-13-19(17)14-15-8-2-1-3-9-15/h1-3,8-9,16-17H,4-7,10-14H2. The molecule has 0 aromatic heterocycles. The predicted octanol–water partition coefficient (Wildman–Crippen LogP) is 3.80. The zero-order valence-corrected chi connectivity index (χ0v) is 12.3. The fraction of sp³-hybridized carbons (Fsp3) is 0.611. The molecule has 1 aromatic carbocycles. The number of benzene rings is 1. The van der Waals surface area contributed by atoms with E-state index >= 15 is 0 Å². The summed E-state index contributed by atoms with van der Waals surface area (Å²) in [7, 11) is 0. The van der Waals surface area contributed by atoms with Gasteiger partial charge in [0.25, 0.3) is 0 Å². The van der Waals surface area contributed by atoms with Crippen LogP contribution in [0.2, 0.25) is 0 Å². The van der Waals surface area contributed by atoms with E-state index in [1.807, 2.05) is 0 Å². The molecule has 2 atom stereocenters. The van der Waals surface area contributed by atoms with Gasteiger partial charge in [0.15, 0.2) is 0 Å².